The summed E-state index contributed by atoms with van der Waals surface area (Å²) in [6.07, 6.45) is 2.27. The van der Waals surface area contributed by atoms with Crippen molar-refractivity contribution < 1.29 is 4.74 Å². The summed E-state index contributed by atoms with van der Waals surface area (Å²) in [7, 11) is 0. The van der Waals surface area contributed by atoms with E-state index in [2.05, 4.69) is 29.0 Å². The maximum atomic E-state index is 5.89. The van der Waals surface area contributed by atoms with Crippen LogP contribution in [0.1, 0.15) is 46.2 Å². The Morgan fingerprint density at radius 3 is 2.40 bits per heavy atom. The first kappa shape index (κ1) is 19.0. The summed E-state index contributed by atoms with van der Waals surface area (Å²) >= 11 is 0. The molecule has 0 saturated carbocycles. The molecule has 0 bridgehead atoms. The first-order chi connectivity index (χ1) is 12.0. The van der Waals surface area contributed by atoms with E-state index in [0.717, 1.165) is 54.8 Å². The Bertz CT molecular complexity index is 666. The maximum Gasteiger partial charge on any atom is 0.227 e. The van der Waals surface area contributed by atoms with Gasteiger partial charge in [-0.25, -0.2) is 4.98 Å². The predicted octanol–water partition coefficient (Wildman–Crippen LogP) is 4.94. The van der Waals surface area contributed by atoms with Crippen molar-refractivity contribution in [1.82, 2.24) is 9.97 Å². The predicted molar refractivity (Wildman–Crippen MR) is 105 cm³/mol. The lowest BCUT2D eigenvalue weighted by Crippen LogP contribution is -2.27. The van der Waals surface area contributed by atoms with Crippen LogP contribution in [0.4, 0.5) is 17.5 Å². The molecule has 136 valence electrons. The summed E-state index contributed by atoms with van der Waals surface area (Å²) in [6, 6.07) is 9.91. The number of anilines is 3. The number of nitrogens with one attached hydrogen (secondary N) is 1. The maximum absolute atomic E-state index is 5.89. The molecular weight excluding hydrogens is 312 g/mol. The van der Waals surface area contributed by atoms with Crippen LogP contribution in [-0.4, -0.2) is 29.2 Å². The molecule has 0 radical (unpaired) electrons. The molecule has 1 aromatic carbocycles. The van der Waals surface area contributed by atoms with Crippen molar-refractivity contribution in [2.45, 2.75) is 53.6 Å². The summed E-state index contributed by atoms with van der Waals surface area (Å²) in [5, 5.41) is 3.40. The van der Waals surface area contributed by atoms with E-state index in [4.69, 9.17) is 9.72 Å². The molecule has 0 aliphatic carbocycles. The Balaban J connectivity index is 2.28. The molecule has 5 heteroatoms. The Morgan fingerprint density at radius 2 is 1.76 bits per heavy atom. The molecule has 0 saturated heterocycles. The number of nitrogens with zero attached hydrogens (tertiary/aromatic N) is 3. The van der Waals surface area contributed by atoms with Gasteiger partial charge in [-0.1, -0.05) is 26.0 Å². The molecule has 5 nitrogen and oxygen atoms in total. The Kier molecular flexibility index (Phi) is 7.04. The van der Waals surface area contributed by atoms with E-state index in [9.17, 15) is 0 Å². The van der Waals surface area contributed by atoms with E-state index < -0.39 is 0 Å². The molecule has 0 fully saturated rings. The highest BCUT2D eigenvalue weighted by atomic mass is 16.5. The highest BCUT2D eigenvalue weighted by Gasteiger charge is 2.12. The van der Waals surface area contributed by atoms with Crippen molar-refractivity contribution in [3.8, 4) is 5.75 Å². The first-order valence-electron chi connectivity index (χ1n) is 9.16. The molecule has 2 rings (SSSR count). The summed E-state index contributed by atoms with van der Waals surface area (Å²) in [5.41, 5.74) is 1.87. The van der Waals surface area contributed by atoms with Crippen LogP contribution in [0.2, 0.25) is 0 Å². The zero-order chi connectivity index (χ0) is 18.2. The number of aryl methyl sites for hydroxylation is 1. The molecule has 0 unspecified atom stereocenters. The fraction of sp³-hybridized carbons (Fsp3) is 0.500. The standard InChI is InChI=1S/C20H30N4O/c1-6-12-24(13-7-2)20-21-16(5)14-19(23-20)22-17-10-8-9-11-18(17)25-15(3)4/h8-11,14-15H,6-7,12-13H2,1-5H3,(H,21,22,23). The average Bonchev–Trinajstić information content (AvgIpc) is 2.55. The third-order valence-corrected chi connectivity index (χ3v) is 3.62. The highest BCUT2D eigenvalue weighted by Crippen LogP contribution is 2.28. The molecule has 0 spiro atoms. The Morgan fingerprint density at radius 1 is 1.08 bits per heavy atom. The lowest BCUT2D eigenvalue weighted by molar-refractivity contribution is 0.244. The van der Waals surface area contributed by atoms with E-state index in [1.807, 2.05) is 51.1 Å². The van der Waals surface area contributed by atoms with Crippen molar-refractivity contribution in [2.24, 2.45) is 0 Å². The van der Waals surface area contributed by atoms with Crippen LogP contribution in [0.25, 0.3) is 0 Å². The molecule has 0 aliphatic heterocycles. The summed E-state index contributed by atoms with van der Waals surface area (Å²) < 4.78 is 5.89. The zero-order valence-electron chi connectivity index (χ0n) is 16.0. The van der Waals surface area contributed by atoms with E-state index in [-0.39, 0.29) is 6.10 Å². The van der Waals surface area contributed by atoms with Crippen LogP contribution in [-0.2, 0) is 0 Å². The lowest BCUT2D eigenvalue weighted by Gasteiger charge is -2.22. The molecule has 1 heterocycles. The van der Waals surface area contributed by atoms with Gasteiger partial charge < -0.3 is 15.0 Å². The minimum absolute atomic E-state index is 0.121. The van der Waals surface area contributed by atoms with Gasteiger partial charge in [-0.05, 0) is 45.7 Å². The number of hydrogen-bond acceptors (Lipinski definition) is 5. The van der Waals surface area contributed by atoms with E-state index in [1.54, 1.807) is 0 Å². The summed E-state index contributed by atoms with van der Waals surface area (Å²) in [5.74, 6) is 2.40. The minimum atomic E-state index is 0.121. The number of benzene rings is 1. The first-order valence-corrected chi connectivity index (χ1v) is 9.16. The van der Waals surface area contributed by atoms with Gasteiger partial charge >= 0.3 is 0 Å². The number of aromatic nitrogens is 2. The van der Waals surface area contributed by atoms with Crippen LogP contribution in [0, 0.1) is 6.92 Å². The molecule has 2 aromatic rings. The summed E-state index contributed by atoms with van der Waals surface area (Å²) in [6.45, 7) is 12.3. The second-order valence-corrected chi connectivity index (χ2v) is 6.47. The fourth-order valence-electron chi connectivity index (χ4n) is 2.67. The molecule has 1 N–H and O–H groups in total. The topological polar surface area (TPSA) is 50.3 Å². The van der Waals surface area contributed by atoms with Crippen molar-refractivity contribution >= 4 is 17.5 Å². The number of hydrogen-bond donors (Lipinski definition) is 1. The van der Waals surface area contributed by atoms with Gasteiger partial charge in [0, 0.05) is 24.8 Å². The van der Waals surface area contributed by atoms with Gasteiger partial charge in [0.1, 0.15) is 11.6 Å². The second kappa shape index (κ2) is 9.25. The van der Waals surface area contributed by atoms with Crippen LogP contribution in [0.3, 0.4) is 0 Å². The second-order valence-electron chi connectivity index (χ2n) is 6.47. The normalized spacial score (nSPS) is 10.8. The number of ether oxygens (including phenoxy) is 1. The zero-order valence-corrected chi connectivity index (χ0v) is 16.0. The Labute approximate surface area is 151 Å². The van der Waals surface area contributed by atoms with Crippen molar-refractivity contribution in [2.75, 3.05) is 23.3 Å². The monoisotopic (exact) mass is 342 g/mol. The fourth-order valence-corrected chi connectivity index (χ4v) is 2.67. The van der Waals surface area contributed by atoms with Gasteiger partial charge in [0.2, 0.25) is 5.95 Å². The van der Waals surface area contributed by atoms with Crippen LogP contribution in [0.15, 0.2) is 30.3 Å². The average molecular weight is 342 g/mol. The van der Waals surface area contributed by atoms with E-state index in [0.29, 0.717) is 0 Å². The van der Waals surface area contributed by atoms with Gasteiger partial charge in [0.05, 0.1) is 11.8 Å². The van der Waals surface area contributed by atoms with Gasteiger partial charge in [0.25, 0.3) is 0 Å². The van der Waals surface area contributed by atoms with E-state index in [1.165, 1.54) is 0 Å². The molecule has 0 atom stereocenters. The van der Waals surface area contributed by atoms with Crippen LogP contribution >= 0.6 is 0 Å². The van der Waals surface area contributed by atoms with Gasteiger partial charge in [-0.3, -0.25) is 0 Å². The van der Waals surface area contributed by atoms with Crippen molar-refractivity contribution in [3.63, 3.8) is 0 Å². The third-order valence-electron chi connectivity index (χ3n) is 3.62. The van der Waals surface area contributed by atoms with Gasteiger partial charge in [-0.2, -0.15) is 4.98 Å². The summed E-state index contributed by atoms with van der Waals surface area (Å²) in [4.78, 5) is 11.6. The quantitative estimate of drug-likeness (QED) is 0.699. The van der Waals surface area contributed by atoms with Gasteiger partial charge in [0.15, 0.2) is 0 Å². The molecule has 0 amide bonds. The number of para-hydroxylation sites is 2. The minimum Gasteiger partial charge on any atom is -0.489 e. The van der Waals surface area contributed by atoms with Crippen LogP contribution in [0.5, 0.6) is 5.75 Å². The Hall–Kier alpha value is -2.30. The highest BCUT2D eigenvalue weighted by molar-refractivity contribution is 5.64. The van der Waals surface area contributed by atoms with Gasteiger partial charge in [-0.15, -0.1) is 0 Å². The van der Waals surface area contributed by atoms with E-state index >= 15 is 0 Å². The molecule has 0 aliphatic rings. The molecular formula is C20H30N4O. The SMILES string of the molecule is CCCN(CCC)c1nc(C)cc(Nc2ccccc2OC(C)C)n1. The number of rotatable bonds is 9. The van der Waals surface area contributed by atoms with Crippen molar-refractivity contribution in [1.29, 1.82) is 0 Å². The van der Waals surface area contributed by atoms with Crippen molar-refractivity contribution in [3.05, 3.63) is 36.0 Å². The molecule has 1 aromatic heterocycles. The largest absolute Gasteiger partial charge is 0.489 e. The smallest absolute Gasteiger partial charge is 0.227 e. The van der Waals surface area contributed by atoms with Crippen LogP contribution < -0.4 is 15.0 Å². The molecule has 25 heavy (non-hydrogen) atoms. The third kappa shape index (κ3) is 5.62. The lowest BCUT2D eigenvalue weighted by atomic mass is 10.3.